The number of carbonyl (C=O) groups excluding carboxylic acids is 1. The number of aromatic nitrogens is 2. The number of Topliss-reactive ketones (excluding diaryl/α,β-unsaturated/α-hetero) is 1. The van der Waals surface area contributed by atoms with Crippen LogP contribution in [0.2, 0.25) is 0 Å². The van der Waals surface area contributed by atoms with Crippen LogP contribution in [-0.4, -0.2) is 49.1 Å². The van der Waals surface area contributed by atoms with Crippen LogP contribution in [0.1, 0.15) is 12.2 Å². The van der Waals surface area contributed by atoms with Crippen molar-refractivity contribution < 1.29 is 9.53 Å². The predicted molar refractivity (Wildman–Crippen MR) is 69.0 cm³/mol. The molecule has 0 spiro atoms. The van der Waals surface area contributed by atoms with Gasteiger partial charge in [-0.2, -0.15) is 0 Å². The standard InChI is InChI=1S/C12H18N4O2/c1-9-14-11(13-4-6-18-2)7-12(15-9)16-5-3-10(17)8-16/h7H,3-6,8H2,1-2H3,(H,13,14,15). The zero-order chi connectivity index (χ0) is 13.0. The number of nitrogens with one attached hydrogen (secondary N) is 1. The van der Waals surface area contributed by atoms with E-state index >= 15 is 0 Å². The molecule has 0 amide bonds. The molecule has 1 aromatic heterocycles. The highest BCUT2D eigenvalue weighted by atomic mass is 16.5. The van der Waals surface area contributed by atoms with Gasteiger partial charge in [0.15, 0.2) is 5.78 Å². The second-order valence-corrected chi connectivity index (χ2v) is 4.29. The van der Waals surface area contributed by atoms with E-state index in [2.05, 4.69) is 15.3 Å². The van der Waals surface area contributed by atoms with Crippen LogP contribution in [0.15, 0.2) is 6.07 Å². The average Bonchev–Trinajstić information content (AvgIpc) is 2.76. The van der Waals surface area contributed by atoms with Crippen LogP contribution in [0.25, 0.3) is 0 Å². The average molecular weight is 250 g/mol. The molecule has 0 aliphatic carbocycles. The number of ketones is 1. The molecule has 1 aliphatic rings. The number of hydrogen-bond acceptors (Lipinski definition) is 6. The van der Waals surface area contributed by atoms with Crippen molar-refractivity contribution >= 4 is 17.4 Å². The van der Waals surface area contributed by atoms with Crippen LogP contribution in [-0.2, 0) is 9.53 Å². The molecule has 1 fully saturated rings. The minimum Gasteiger partial charge on any atom is -0.383 e. The fourth-order valence-electron chi connectivity index (χ4n) is 1.91. The lowest BCUT2D eigenvalue weighted by atomic mass is 10.4. The summed E-state index contributed by atoms with van der Waals surface area (Å²) in [6, 6.07) is 1.88. The Morgan fingerprint density at radius 1 is 1.50 bits per heavy atom. The van der Waals surface area contributed by atoms with Crippen molar-refractivity contribution in [3.05, 3.63) is 11.9 Å². The number of rotatable bonds is 5. The summed E-state index contributed by atoms with van der Waals surface area (Å²) >= 11 is 0. The highest BCUT2D eigenvalue weighted by Gasteiger charge is 2.21. The molecule has 6 heteroatoms. The van der Waals surface area contributed by atoms with E-state index in [0.717, 1.165) is 18.2 Å². The maximum atomic E-state index is 11.3. The fourth-order valence-corrected chi connectivity index (χ4v) is 1.91. The Bertz CT molecular complexity index is 436. The van der Waals surface area contributed by atoms with Gasteiger partial charge in [-0.1, -0.05) is 0 Å². The van der Waals surface area contributed by atoms with E-state index in [9.17, 15) is 4.79 Å². The van der Waals surface area contributed by atoms with Crippen LogP contribution in [0, 0.1) is 6.92 Å². The minimum atomic E-state index is 0.264. The topological polar surface area (TPSA) is 67.3 Å². The number of anilines is 2. The van der Waals surface area contributed by atoms with Crippen molar-refractivity contribution in [2.75, 3.05) is 43.6 Å². The fraction of sp³-hybridized carbons (Fsp3) is 0.583. The van der Waals surface area contributed by atoms with Gasteiger partial charge in [-0.25, -0.2) is 9.97 Å². The second kappa shape index (κ2) is 5.77. The molecule has 0 unspecified atom stereocenters. The van der Waals surface area contributed by atoms with Gasteiger partial charge in [-0.15, -0.1) is 0 Å². The zero-order valence-electron chi connectivity index (χ0n) is 10.8. The molecule has 0 saturated carbocycles. The Hall–Kier alpha value is -1.69. The number of nitrogens with zero attached hydrogens (tertiary/aromatic N) is 3. The molecule has 0 bridgehead atoms. The first kappa shape index (κ1) is 12.8. The summed E-state index contributed by atoms with van der Waals surface area (Å²) in [5.74, 6) is 2.55. The molecule has 6 nitrogen and oxygen atoms in total. The van der Waals surface area contributed by atoms with Gasteiger partial charge in [0.25, 0.3) is 0 Å². The summed E-state index contributed by atoms with van der Waals surface area (Å²) in [5.41, 5.74) is 0. The van der Waals surface area contributed by atoms with Crippen molar-refractivity contribution in [1.29, 1.82) is 0 Å². The molecule has 1 aliphatic heterocycles. The van der Waals surface area contributed by atoms with Gasteiger partial charge in [0.1, 0.15) is 17.5 Å². The lowest BCUT2D eigenvalue weighted by Crippen LogP contribution is -2.21. The van der Waals surface area contributed by atoms with Gasteiger partial charge in [0.05, 0.1) is 13.2 Å². The third-order valence-corrected chi connectivity index (χ3v) is 2.79. The molecular weight excluding hydrogens is 232 g/mol. The maximum Gasteiger partial charge on any atom is 0.153 e. The van der Waals surface area contributed by atoms with E-state index in [1.807, 2.05) is 17.9 Å². The Labute approximate surface area is 106 Å². The Balaban J connectivity index is 2.08. The summed E-state index contributed by atoms with van der Waals surface area (Å²) < 4.78 is 4.98. The quantitative estimate of drug-likeness (QED) is 0.773. The predicted octanol–water partition coefficient (Wildman–Crippen LogP) is 0.623. The zero-order valence-corrected chi connectivity index (χ0v) is 10.8. The Morgan fingerprint density at radius 2 is 2.33 bits per heavy atom. The van der Waals surface area contributed by atoms with Gasteiger partial charge in [-0.05, 0) is 6.92 Å². The van der Waals surface area contributed by atoms with E-state index in [0.29, 0.717) is 31.9 Å². The maximum absolute atomic E-state index is 11.3. The molecule has 18 heavy (non-hydrogen) atoms. The number of methoxy groups -OCH3 is 1. The van der Waals surface area contributed by atoms with Gasteiger partial charge in [0.2, 0.25) is 0 Å². The molecule has 1 N–H and O–H groups in total. The van der Waals surface area contributed by atoms with E-state index < -0.39 is 0 Å². The molecular formula is C12H18N4O2. The molecule has 1 saturated heterocycles. The van der Waals surface area contributed by atoms with Crippen LogP contribution < -0.4 is 10.2 Å². The van der Waals surface area contributed by atoms with Crippen LogP contribution >= 0.6 is 0 Å². The minimum absolute atomic E-state index is 0.264. The van der Waals surface area contributed by atoms with Gasteiger partial charge in [-0.3, -0.25) is 4.79 Å². The molecule has 0 atom stereocenters. The van der Waals surface area contributed by atoms with Gasteiger partial charge >= 0.3 is 0 Å². The largest absolute Gasteiger partial charge is 0.383 e. The summed E-state index contributed by atoms with van der Waals surface area (Å²) in [7, 11) is 1.66. The molecule has 1 aromatic rings. The van der Waals surface area contributed by atoms with Crippen molar-refractivity contribution in [2.45, 2.75) is 13.3 Å². The first-order valence-electron chi connectivity index (χ1n) is 6.04. The van der Waals surface area contributed by atoms with Crippen molar-refractivity contribution in [3.63, 3.8) is 0 Å². The number of carbonyl (C=O) groups is 1. The molecule has 0 aromatic carbocycles. The van der Waals surface area contributed by atoms with Crippen LogP contribution in [0.4, 0.5) is 11.6 Å². The molecule has 0 radical (unpaired) electrons. The van der Waals surface area contributed by atoms with E-state index in [1.54, 1.807) is 7.11 Å². The summed E-state index contributed by atoms with van der Waals surface area (Å²) in [4.78, 5) is 22.0. The van der Waals surface area contributed by atoms with Crippen molar-refractivity contribution in [2.24, 2.45) is 0 Å². The number of aryl methyl sites for hydroxylation is 1. The number of ether oxygens (including phenoxy) is 1. The van der Waals surface area contributed by atoms with Crippen molar-refractivity contribution in [3.8, 4) is 0 Å². The van der Waals surface area contributed by atoms with Crippen LogP contribution in [0.3, 0.4) is 0 Å². The smallest absolute Gasteiger partial charge is 0.153 e. The SMILES string of the molecule is COCCNc1cc(N2CCC(=O)C2)nc(C)n1. The Morgan fingerprint density at radius 3 is 3.00 bits per heavy atom. The third-order valence-electron chi connectivity index (χ3n) is 2.79. The lowest BCUT2D eigenvalue weighted by Gasteiger charge is -2.17. The Kier molecular flexibility index (Phi) is 4.09. The highest BCUT2D eigenvalue weighted by molar-refractivity contribution is 5.86. The van der Waals surface area contributed by atoms with Gasteiger partial charge < -0.3 is 15.0 Å². The van der Waals surface area contributed by atoms with E-state index in [4.69, 9.17) is 4.74 Å². The second-order valence-electron chi connectivity index (χ2n) is 4.29. The summed E-state index contributed by atoms with van der Waals surface area (Å²) in [5, 5.41) is 3.17. The van der Waals surface area contributed by atoms with Gasteiger partial charge in [0, 0.05) is 32.7 Å². The van der Waals surface area contributed by atoms with E-state index in [-0.39, 0.29) is 5.78 Å². The third kappa shape index (κ3) is 3.16. The van der Waals surface area contributed by atoms with Crippen molar-refractivity contribution in [1.82, 2.24) is 9.97 Å². The first-order chi connectivity index (χ1) is 8.69. The molecule has 98 valence electrons. The first-order valence-corrected chi connectivity index (χ1v) is 6.04. The highest BCUT2D eigenvalue weighted by Crippen LogP contribution is 2.19. The molecule has 2 rings (SSSR count). The van der Waals surface area contributed by atoms with Crippen LogP contribution in [0.5, 0.6) is 0 Å². The monoisotopic (exact) mass is 250 g/mol. The molecule has 2 heterocycles. The summed E-state index contributed by atoms with van der Waals surface area (Å²) in [6.07, 6.45) is 0.607. The normalized spacial score (nSPS) is 15.2. The number of hydrogen-bond donors (Lipinski definition) is 1. The summed E-state index contributed by atoms with van der Waals surface area (Å²) in [6.45, 7) is 4.37. The van der Waals surface area contributed by atoms with E-state index in [1.165, 1.54) is 0 Å². The lowest BCUT2D eigenvalue weighted by molar-refractivity contribution is -0.116.